The fourth-order valence-electron chi connectivity index (χ4n) is 2.11. The number of rotatable bonds is 6. The number of carbonyl (C=O) groups excluding carboxylic acids is 1. The highest BCUT2D eigenvalue weighted by Gasteiger charge is 2.16. The van der Waals surface area contributed by atoms with E-state index in [0.29, 0.717) is 12.0 Å². The topological polar surface area (TPSA) is 38.3 Å². The molecule has 1 N–H and O–H groups in total. The Balaban J connectivity index is 2.04. The van der Waals surface area contributed by atoms with Crippen LogP contribution in [0.1, 0.15) is 29.8 Å². The number of carbonyl (C=O) groups is 1. The third-order valence-corrected chi connectivity index (χ3v) is 3.03. The van der Waals surface area contributed by atoms with Crippen molar-refractivity contribution in [2.75, 3.05) is 0 Å². The minimum atomic E-state index is -0.333. The maximum atomic E-state index is 12.2. The fourth-order valence-corrected chi connectivity index (χ4v) is 2.11. The molecule has 3 nitrogen and oxygen atoms in total. The summed E-state index contributed by atoms with van der Waals surface area (Å²) in [6.45, 7) is 3.93. The standard InChI is InChI=1S/C18H21NO2/c1-14(2)21-17(13-15-9-5-3-6-10-15)19-18(20)16-11-7-4-8-12-16/h3-12,14,17H,13H2,1-2H3,(H,19,20). The van der Waals surface area contributed by atoms with Gasteiger partial charge in [-0.3, -0.25) is 4.79 Å². The lowest BCUT2D eigenvalue weighted by molar-refractivity contribution is -0.00854. The molecule has 0 bridgehead atoms. The van der Waals surface area contributed by atoms with Gasteiger partial charge in [0.15, 0.2) is 0 Å². The smallest absolute Gasteiger partial charge is 0.253 e. The lowest BCUT2D eigenvalue weighted by atomic mass is 10.1. The van der Waals surface area contributed by atoms with Crippen molar-refractivity contribution in [1.82, 2.24) is 5.32 Å². The minimum absolute atomic E-state index is 0.0507. The van der Waals surface area contributed by atoms with E-state index in [2.05, 4.69) is 5.32 Å². The monoisotopic (exact) mass is 283 g/mol. The average Bonchev–Trinajstić information content (AvgIpc) is 2.48. The van der Waals surface area contributed by atoms with Gasteiger partial charge in [0.05, 0.1) is 6.10 Å². The third-order valence-electron chi connectivity index (χ3n) is 3.03. The molecule has 1 amide bonds. The second kappa shape index (κ2) is 7.60. The van der Waals surface area contributed by atoms with Gasteiger partial charge in [-0.15, -0.1) is 0 Å². The maximum Gasteiger partial charge on any atom is 0.253 e. The zero-order valence-electron chi connectivity index (χ0n) is 12.5. The molecule has 2 rings (SSSR count). The molecule has 0 aliphatic carbocycles. The first-order valence-corrected chi connectivity index (χ1v) is 7.20. The summed E-state index contributed by atoms with van der Waals surface area (Å²) in [5.41, 5.74) is 1.78. The molecule has 0 heterocycles. The van der Waals surface area contributed by atoms with Crippen LogP contribution in [-0.2, 0) is 11.2 Å². The molecule has 1 unspecified atom stereocenters. The molecule has 1 atom stereocenters. The van der Waals surface area contributed by atoms with Gasteiger partial charge in [-0.1, -0.05) is 48.5 Å². The number of nitrogens with one attached hydrogen (secondary N) is 1. The van der Waals surface area contributed by atoms with E-state index >= 15 is 0 Å². The number of hydrogen-bond acceptors (Lipinski definition) is 2. The van der Waals surface area contributed by atoms with Crippen LogP contribution < -0.4 is 5.32 Å². The highest BCUT2D eigenvalue weighted by atomic mass is 16.5. The van der Waals surface area contributed by atoms with Crippen molar-refractivity contribution in [3.8, 4) is 0 Å². The average molecular weight is 283 g/mol. The number of ether oxygens (including phenoxy) is 1. The Morgan fingerprint density at radius 3 is 2.14 bits per heavy atom. The van der Waals surface area contributed by atoms with Gasteiger partial charge in [0, 0.05) is 12.0 Å². The molecule has 0 aromatic heterocycles. The van der Waals surface area contributed by atoms with Crippen molar-refractivity contribution in [3.63, 3.8) is 0 Å². The van der Waals surface area contributed by atoms with Crippen LogP contribution in [0.4, 0.5) is 0 Å². The number of benzene rings is 2. The van der Waals surface area contributed by atoms with E-state index in [4.69, 9.17) is 4.74 Å². The van der Waals surface area contributed by atoms with Crippen LogP contribution in [0.3, 0.4) is 0 Å². The Bertz CT molecular complexity index is 552. The van der Waals surface area contributed by atoms with Crippen LogP contribution in [0.25, 0.3) is 0 Å². The fraction of sp³-hybridized carbons (Fsp3) is 0.278. The van der Waals surface area contributed by atoms with Crippen LogP contribution in [0.15, 0.2) is 60.7 Å². The molecular weight excluding hydrogens is 262 g/mol. The predicted molar refractivity (Wildman–Crippen MR) is 84.1 cm³/mol. The first kappa shape index (κ1) is 15.3. The number of hydrogen-bond donors (Lipinski definition) is 1. The van der Waals surface area contributed by atoms with Crippen molar-refractivity contribution >= 4 is 5.91 Å². The molecule has 21 heavy (non-hydrogen) atoms. The van der Waals surface area contributed by atoms with E-state index < -0.39 is 0 Å². The van der Waals surface area contributed by atoms with E-state index in [-0.39, 0.29) is 18.2 Å². The Labute approximate surface area is 126 Å². The molecule has 2 aromatic rings. The van der Waals surface area contributed by atoms with Gasteiger partial charge in [0.1, 0.15) is 6.23 Å². The van der Waals surface area contributed by atoms with E-state index in [0.717, 1.165) is 5.56 Å². The Hall–Kier alpha value is -2.13. The van der Waals surface area contributed by atoms with Crippen molar-refractivity contribution in [1.29, 1.82) is 0 Å². The van der Waals surface area contributed by atoms with Crippen molar-refractivity contribution in [3.05, 3.63) is 71.8 Å². The molecule has 0 aliphatic rings. The summed E-state index contributed by atoms with van der Waals surface area (Å²) in [7, 11) is 0. The van der Waals surface area contributed by atoms with Crippen molar-refractivity contribution in [2.45, 2.75) is 32.6 Å². The molecule has 3 heteroatoms. The Morgan fingerprint density at radius 1 is 1.00 bits per heavy atom. The molecule has 0 saturated heterocycles. The lowest BCUT2D eigenvalue weighted by Crippen LogP contribution is -2.40. The second-order valence-corrected chi connectivity index (χ2v) is 5.20. The second-order valence-electron chi connectivity index (χ2n) is 5.20. The largest absolute Gasteiger partial charge is 0.355 e. The molecule has 0 fully saturated rings. The van der Waals surface area contributed by atoms with Crippen LogP contribution in [0, 0.1) is 0 Å². The van der Waals surface area contributed by atoms with Gasteiger partial charge in [-0.25, -0.2) is 0 Å². The zero-order chi connectivity index (χ0) is 15.1. The third kappa shape index (κ3) is 5.04. The molecule has 110 valence electrons. The van der Waals surface area contributed by atoms with Gasteiger partial charge in [0.25, 0.3) is 5.91 Å². The normalized spacial score (nSPS) is 12.1. The highest BCUT2D eigenvalue weighted by Crippen LogP contribution is 2.08. The Kier molecular flexibility index (Phi) is 5.52. The van der Waals surface area contributed by atoms with Gasteiger partial charge >= 0.3 is 0 Å². The van der Waals surface area contributed by atoms with E-state index in [9.17, 15) is 4.79 Å². The van der Waals surface area contributed by atoms with Gasteiger partial charge in [0.2, 0.25) is 0 Å². The number of amides is 1. The van der Waals surface area contributed by atoms with Crippen LogP contribution in [0.2, 0.25) is 0 Å². The molecule has 0 aliphatic heterocycles. The first-order valence-electron chi connectivity index (χ1n) is 7.20. The lowest BCUT2D eigenvalue weighted by Gasteiger charge is -2.22. The SMILES string of the molecule is CC(C)OC(Cc1ccccc1)NC(=O)c1ccccc1. The van der Waals surface area contributed by atoms with Crippen molar-refractivity contribution in [2.24, 2.45) is 0 Å². The van der Waals surface area contributed by atoms with Crippen molar-refractivity contribution < 1.29 is 9.53 Å². The summed E-state index contributed by atoms with van der Waals surface area (Å²) in [6.07, 6.45) is 0.368. The molecule has 0 saturated carbocycles. The van der Waals surface area contributed by atoms with Crippen LogP contribution in [-0.4, -0.2) is 18.2 Å². The van der Waals surface area contributed by atoms with Crippen LogP contribution in [0.5, 0.6) is 0 Å². The minimum Gasteiger partial charge on any atom is -0.355 e. The first-order chi connectivity index (χ1) is 10.1. The van der Waals surface area contributed by atoms with Gasteiger partial charge < -0.3 is 10.1 Å². The van der Waals surface area contributed by atoms with Crippen LogP contribution >= 0.6 is 0 Å². The molecule has 2 aromatic carbocycles. The zero-order valence-corrected chi connectivity index (χ0v) is 12.5. The summed E-state index contributed by atoms with van der Waals surface area (Å²) >= 11 is 0. The maximum absolute atomic E-state index is 12.2. The summed E-state index contributed by atoms with van der Waals surface area (Å²) in [5, 5.41) is 2.95. The molecule has 0 spiro atoms. The van der Waals surface area contributed by atoms with Gasteiger partial charge in [-0.2, -0.15) is 0 Å². The summed E-state index contributed by atoms with van der Waals surface area (Å²) in [4.78, 5) is 12.2. The summed E-state index contributed by atoms with van der Waals surface area (Å²) in [5.74, 6) is -0.114. The highest BCUT2D eigenvalue weighted by molar-refractivity contribution is 5.94. The van der Waals surface area contributed by atoms with E-state index in [1.165, 1.54) is 0 Å². The summed E-state index contributed by atoms with van der Waals surface area (Å²) in [6, 6.07) is 19.2. The van der Waals surface area contributed by atoms with E-state index in [1.807, 2.05) is 62.4 Å². The quantitative estimate of drug-likeness (QED) is 0.825. The molecule has 0 radical (unpaired) electrons. The van der Waals surface area contributed by atoms with E-state index in [1.54, 1.807) is 12.1 Å². The predicted octanol–water partition coefficient (Wildman–Crippen LogP) is 3.41. The summed E-state index contributed by atoms with van der Waals surface area (Å²) < 4.78 is 5.81. The molecular formula is C18H21NO2. The Morgan fingerprint density at radius 2 is 1.57 bits per heavy atom. The van der Waals surface area contributed by atoms with Gasteiger partial charge in [-0.05, 0) is 31.5 Å².